The molecule has 1 aliphatic carbocycles. The topological polar surface area (TPSA) is 4.93 Å². The molecule has 0 N–H and O–H groups in total. The van der Waals surface area contributed by atoms with E-state index >= 15 is 0 Å². The molecule has 0 aliphatic heterocycles. The summed E-state index contributed by atoms with van der Waals surface area (Å²) in [4.78, 5) is 0. The molecule has 9 aromatic rings. The largest absolute Gasteiger partial charge is 0.308 e. The lowest BCUT2D eigenvalue weighted by Gasteiger charge is -2.12. The highest BCUT2D eigenvalue weighted by Crippen LogP contribution is 2.54. The van der Waals surface area contributed by atoms with Gasteiger partial charge in [0.05, 0.1) is 11.0 Å². The van der Waals surface area contributed by atoms with Crippen LogP contribution < -0.4 is 0 Å². The van der Waals surface area contributed by atoms with Crippen molar-refractivity contribution in [2.75, 3.05) is 0 Å². The van der Waals surface area contributed by atoms with Crippen molar-refractivity contribution in [2.45, 2.75) is 0 Å². The fourth-order valence-electron chi connectivity index (χ4n) is 7.36. The van der Waals surface area contributed by atoms with Gasteiger partial charge in [0.15, 0.2) is 0 Å². The van der Waals surface area contributed by atoms with Crippen molar-refractivity contribution < 1.29 is 0 Å². The first kappa shape index (κ1) is 21.0. The number of thiophene rings is 1. The number of hydrogen-bond donors (Lipinski definition) is 0. The summed E-state index contributed by atoms with van der Waals surface area (Å²) in [5.41, 5.74) is 9.16. The molecule has 0 bridgehead atoms. The second-order valence-electron chi connectivity index (χ2n) is 10.8. The highest BCUT2D eigenvalue weighted by Gasteiger charge is 2.27. The third kappa shape index (κ3) is 2.44. The summed E-state index contributed by atoms with van der Waals surface area (Å²) in [5, 5.41) is 10.7. The van der Waals surface area contributed by atoms with E-state index in [1.54, 1.807) is 0 Å². The maximum absolute atomic E-state index is 2.54. The van der Waals surface area contributed by atoms with Gasteiger partial charge in [0.25, 0.3) is 0 Å². The Morgan fingerprint density at radius 3 is 1.90 bits per heavy atom. The minimum absolute atomic E-state index is 1.20. The molecule has 1 aliphatic rings. The molecule has 40 heavy (non-hydrogen) atoms. The minimum Gasteiger partial charge on any atom is -0.308 e. The normalized spacial score (nSPS) is 12.5. The predicted molar refractivity (Wildman–Crippen MR) is 173 cm³/mol. The zero-order chi connectivity index (χ0) is 25.9. The summed E-state index contributed by atoms with van der Waals surface area (Å²) in [6.07, 6.45) is 0. The Hall–Kier alpha value is -4.92. The van der Waals surface area contributed by atoms with E-state index in [0.717, 1.165) is 0 Å². The highest BCUT2D eigenvalue weighted by molar-refractivity contribution is 7.27. The summed E-state index contributed by atoms with van der Waals surface area (Å²) in [5.74, 6) is 0. The van der Waals surface area contributed by atoms with Crippen LogP contribution in [0.15, 0.2) is 127 Å². The average Bonchev–Trinajstić information content (AvgIpc) is 3.68. The maximum atomic E-state index is 2.54. The predicted octanol–water partition coefficient (Wildman–Crippen LogP) is 11.1. The van der Waals surface area contributed by atoms with Crippen LogP contribution in [-0.2, 0) is 0 Å². The van der Waals surface area contributed by atoms with Crippen LogP contribution in [0.4, 0.5) is 0 Å². The number of para-hydroxylation sites is 1. The van der Waals surface area contributed by atoms with E-state index in [4.69, 9.17) is 0 Å². The molecule has 0 spiro atoms. The van der Waals surface area contributed by atoms with Gasteiger partial charge in [0.2, 0.25) is 0 Å². The molecular weight excluding hydrogens is 502 g/mol. The van der Waals surface area contributed by atoms with E-state index in [-0.39, 0.29) is 0 Å². The van der Waals surface area contributed by atoms with Crippen LogP contribution in [0.25, 0.3) is 91.5 Å². The van der Waals surface area contributed by atoms with Gasteiger partial charge in [-0.15, -0.1) is 11.3 Å². The first-order chi connectivity index (χ1) is 19.9. The second kappa shape index (κ2) is 7.38. The summed E-state index contributed by atoms with van der Waals surface area (Å²) in [6, 6.07) is 47.1. The molecule has 0 unspecified atom stereocenters. The molecule has 1 nitrogen and oxygen atoms in total. The third-order valence-corrected chi connectivity index (χ3v) is 10.1. The Morgan fingerprint density at radius 2 is 1.05 bits per heavy atom. The maximum Gasteiger partial charge on any atom is 0.0634 e. The molecular formula is C38H21NS. The molecule has 0 atom stereocenters. The van der Waals surface area contributed by atoms with Crippen molar-refractivity contribution in [3.8, 4) is 27.9 Å². The minimum atomic E-state index is 1.20. The highest BCUT2D eigenvalue weighted by atomic mass is 32.1. The van der Waals surface area contributed by atoms with Gasteiger partial charge in [-0.25, -0.2) is 0 Å². The number of rotatable bonds is 1. The number of benzene rings is 7. The van der Waals surface area contributed by atoms with Crippen molar-refractivity contribution in [3.05, 3.63) is 127 Å². The van der Waals surface area contributed by atoms with Gasteiger partial charge in [0.1, 0.15) is 0 Å². The standard InChI is InChI=1S/C38H21NS/c1-2-11-22(12-3-1)39-36-29-19-10-18-25-23-13-4-5-14-24(23)30(33(25)29)21-31(36)35-37(39)27-16-7-6-15-26(27)34-28-17-8-9-20-32(28)40-38(34)35/h1-21H. The van der Waals surface area contributed by atoms with E-state index in [1.807, 2.05) is 11.3 Å². The van der Waals surface area contributed by atoms with Gasteiger partial charge in [-0.05, 0) is 57.3 Å². The van der Waals surface area contributed by atoms with E-state index in [1.165, 1.54) is 91.5 Å². The van der Waals surface area contributed by atoms with Gasteiger partial charge < -0.3 is 4.57 Å². The Bertz CT molecular complexity index is 2530. The molecule has 0 radical (unpaired) electrons. The Morgan fingerprint density at radius 1 is 0.400 bits per heavy atom. The summed E-state index contributed by atoms with van der Waals surface area (Å²) < 4.78 is 5.26. The van der Waals surface area contributed by atoms with Crippen molar-refractivity contribution in [1.29, 1.82) is 0 Å². The van der Waals surface area contributed by atoms with Crippen LogP contribution in [0.5, 0.6) is 0 Å². The lowest BCUT2D eigenvalue weighted by molar-refractivity contribution is 1.19. The van der Waals surface area contributed by atoms with Crippen molar-refractivity contribution in [1.82, 2.24) is 4.57 Å². The molecule has 0 saturated heterocycles. The number of fused-ring (bicyclic) bond motifs is 14. The lowest BCUT2D eigenvalue weighted by Crippen LogP contribution is -1.95. The summed E-state index contributed by atoms with van der Waals surface area (Å²) >= 11 is 1.93. The Labute approximate surface area is 234 Å². The van der Waals surface area contributed by atoms with Gasteiger partial charge in [-0.3, -0.25) is 0 Å². The lowest BCUT2D eigenvalue weighted by atomic mass is 9.97. The van der Waals surface area contributed by atoms with E-state index in [9.17, 15) is 0 Å². The van der Waals surface area contributed by atoms with Crippen molar-refractivity contribution in [2.24, 2.45) is 0 Å². The molecule has 7 aromatic carbocycles. The van der Waals surface area contributed by atoms with Crippen LogP contribution in [0.2, 0.25) is 0 Å². The van der Waals surface area contributed by atoms with Crippen LogP contribution in [0, 0.1) is 0 Å². The monoisotopic (exact) mass is 523 g/mol. The quantitative estimate of drug-likeness (QED) is 0.202. The van der Waals surface area contributed by atoms with Crippen LogP contribution in [0.3, 0.4) is 0 Å². The van der Waals surface area contributed by atoms with E-state index < -0.39 is 0 Å². The summed E-state index contributed by atoms with van der Waals surface area (Å²) in [6.45, 7) is 0. The van der Waals surface area contributed by atoms with Crippen LogP contribution in [-0.4, -0.2) is 4.57 Å². The Balaban J connectivity index is 1.58. The fraction of sp³-hybridized carbons (Fsp3) is 0. The van der Waals surface area contributed by atoms with Gasteiger partial charge in [-0.2, -0.15) is 0 Å². The average molecular weight is 524 g/mol. The molecule has 2 heteroatoms. The van der Waals surface area contributed by atoms with Gasteiger partial charge in [-0.1, -0.05) is 103 Å². The SMILES string of the molecule is c1ccc(-n2c3c4cccc5c4c(cc3c3c4sc6ccccc6c4c4ccccc4c32)-c2ccccc2-5)cc1. The molecule has 10 rings (SSSR count). The van der Waals surface area contributed by atoms with E-state index in [2.05, 4.69) is 132 Å². The molecule has 2 heterocycles. The molecule has 0 amide bonds. The zero-order valence-corrected chi connectivity index (χ0v) is 22.3. The molecule has 2 aromatic heterocycles. The van der Waals surface area contributed by atoms with Crippen molar-refractivity contribution >= 4 is 74.9 Å². The molecule has 184 valence electrons. The number of aromatic nitrogens is 1. The summed E-state index contributed by atoms with van der Waals surface area (Å²) in [7, 11) is 0. The fourth-order valence-corrected chi connectivity index (χ4v) is 8.64. The third-order valence-electron chi connectivity index (χ3n) is 8.88. The first-order valence-electron chi connectivity index (χ1n) is 13.8. The van der Waals surface area contributed by atoms with E-state index in [0.29, 0.717) is 0 Å². The van der Waals surface area contributed by atoms with Crippen molar-refractivity contribution in [3.63, 3.8) is 0 Å². The zero-order valence-electron chi connectivity index (χ0n) is 21.5. The Kier molecular flexibility index (Phi) is 3.87. The molecule has 0 fully saturated rings. The first-order valence-corrected chi connectivity index (χ1v) is 14.6. The molecule has 0 saturated carbocycles. The second-order valence-corrected chi connectivity index (χ2v) is 11.9. The number of hydrogen-bond acceptors (Lipinski definition) is 1. The van der Waals surface area contributed by atoms with Gasteiger partial charge in [0, 0.05) is 47.4 Å². The van der Waals surface area contributed by atoms with Crippen LogP contribution in [0.1, 0.15) is 0 Å². The van der Waals surface area contributed by atoms with Gasteiger partial charge >= 0.3 is 0 Å². The smallest absolute Gasteiger partial charge is 0.0634 e. The number of nitrogens with zero attached hydrogens (tertiary/aromatic N) is 1. The van der Waals surface area contributed by atoms with Crippen LogP contribution >= 0.6 is 11.3 Å².